The third-order valence-corrected chi connectivity index (χ3v) is 7.15. The number of ketones is 1. The van der Waals surface area contributed by atoms with E-state index in [9.17, 15) is 9.59 Å². The van der Waals surface area contributed by atoms with Gasteiger partial charge >= 0.3 is 0 Å². The van der Waals surface area contributed by atoms with Crippen molar-refractivity contribution in [3.05, 3.63) is 114 Å². The van der Waals surface area contributed by atoms with E-state index in [-0.39, 0.29) is 17.0 Å². The molecule has 0 bridgehead atoms. The van der Waals surface area contributed by atoms with Crippen LogP contribution in [0.5, 0.6) is 0 Å². The second-order valence-corrected chi connectivity index (χ2v) is 10.1. The summed E-state index contributed by atoms with van der Waals surface area (Å²) in [6.07, 6.45) is 3.40. The number of halogens is 1. The maximum atomic E-state index is 13.4. The number of rotatable bonds is 8. The van der Waals surface area contributed by atoms with E-state index in [1.54, 1.807) is 41.2 Å². The molecule has 0 aromatic carbocycles. The smallest absolute Gasteiger partial charge is 0.276 e. The SMILES string of the molecule is O=C(c1cc(NCc2ccc(Cl)s2)n(-c2cccn(Cc3ccccn3)c2=O)n1)c1cccs1. The van der Waals surface area contributed by atoms with Gasteiger partial charge in [0.2, 0.25) is 5.78 Å². The zero-order chi connectivity index (χ0) is 23.5. The van der Waals surface area contributed by atoms with Crippen LogP contribution in [0.3, 0.4) is 0 Å². The van der Waals surface area contributed by atoms with Gasteiger partial charge in [0.15, 0.2) is 0 Å². The van der Waals surface area contributed by atoms with Crippen LogP contribution in [0.15, 0.2) is 83.2 Å². The van der Waals surface area contributed by atoms with Crippen LogP contribution in [0.25, 0.3) is 5.69 Å². The summed E-state index contributed by atoms with van der Waals surface area (Å²) in [7, 11) is 0. The molecule has 0 saturated heterocycles. The molecule has 0 atom stereocenters. The van der Waals surface area contributed by atoms with E-state index in [0.717, 1.165) is 10.6 Å². The molecule has 5 aromatic heterocycles. The van der Waals surface area contributed by atoms with Crippen LogP contribution in [0, 0.1) is 0 Å². The maximum Gasteiger partial charge on any atom is 0.276 e. The van der Waals surface area contributed by atoms with Crippen molar-refractivity contribution < 1.29 is 4.79 Å². The van der Waals surface area contributed by atoms with E-state index in [1.165, 1.54) is 27.4 Å². The Balaban J connectivity index is 1.53. The molecule has 0 radical (unpaired) electrons. The number of pyridine rings is 2. The predicted molar refractivity (Wildman–Crippen MR) is 136 cm³/mol. The second kappa shape index (κ2) is 9.76. The molecule has 0 fully saturated rings. The Morgan fingerprint density at radius 1 is 1.09 bits per heavy atom. The fourth-order valence-electron chi connectivity index (χ4n) is 3.44. The summed E-state index contributed by atoms with van der Waals surface area (Å²) in [5.74, 6) is 0.345. The highest BCUT2D eigenvalue weighted by Crippen LogP contribution is 2.24. The van der Waals surface area contributed by atoms with Crippen LogP contribution in [0.2, 0.25) is 4.34 Å². The standard InChI is InChI=1S/C24H18ClN5O2S2/c25-21-9-8-17(34-21)14-27-22-13-18(23(31)20-7-4-12-33-20)28-30(22)19-6-3-11-29(24(19)32)15-16-5-1-2-10-26-16/h1-13,27H,14-15H2. The number of aromatic nitrogens is 4. The molecule has 0 amide bonds. The minimum absolute atomic E-state index is 0.194. The zero-order valence-corrected chi connectivity index (χ0v) is 20.1. The van der Waals surface area contributed by atoms with Crippen LogP contribution in [-0.4, -0.2) is 25.1 Å². The summed E-state index contributed by atoms with van der Waals surface area (Å²) < 4.78 is 3.76. The molecule has 0 aliphatic carbocycles. The Kier molecular flexibility index (Phi) is 6.39. The van der Waals surface area contributed by atoms with Gasteiger partial charge in [0, 0.05) is 23.3 Å². The van der Waals surface area contributed by atoms with Gasteiger partial charge in [0.05, 0.1) is 28.0 Å². The highest BCUT2D eigenvalue weighted by molar-refractivity contribution is 7.16. The highest BCUT2D eigenvalue weighted by atomic mass is 35.5. The van der Waals surface area contributed by atoms with Crippen LogP contribution < -0.4 is 10.9 Å². The third kappa shape index (κ3) is 4.72. The van der Waals surface area contributed by atoms with Gasteiger partial charge in [-0.3, -0.25) is 14.6 Å². The van der Waals surface area contributed by atoms with Crippen molar-refractivity contribution in [3.8, 4) is 5.69 Å². The molecule has 0 unspecified atom stereocenters. The van der Waals surface area contributed by atoms with Gasteiger partial charge in [0.25, 0.3) is 5.56 Å². The van der Waals surface area contributed by atoms with Gasteiger partial charge in [-0.1, -0.05) is 23.7 Å². The van der Waals surface area contributed by atoms with E-state index in [2.05, 4.69) is 15.4 Å². The van der Waals surface area contributed by atoms with E-state index in [1.807, 2.05) is 41.8 Å². The van der Waals surface area contributed by atoms with Crippen molar-refractivity contribution in [2.45, 2.75) is 13.1 Å². The van der Waals surface area contributed by atoms with Crippen molar-refractivity contribution in [1.29, 1.82) is 0 Å². The molecule has 170 valence electrons. The summed E-state index contributed by atoms with van der Waals surface area (Å²) >= 11 is 8.87. The number of nitrogens with zero attached hydrogens (tertiary/aromatic N) is 4. The predicted octanol–water partition coefficient (Wildman–Crippen LogP) is 5.10. The number of anilines is 1. The molecule has 0 spiro atoms. The highest BCUT2D eigenvalue weighted by Gasteiger charge is 2.20. The first-order valence-electron chi connectivity index (χ1n) is 10.3. The topological polar surface area (TPSA) is 81.8 Å². The van der Waals surface area contributed by atoms with Crippen molar-refractivity contribution in [2.75, 3.05) is 5.32 Å². The molecule has 5 aromatic rings. The molecule has 10 heteroatoms. The summed E-state index contributed by atoms with van der Waals surface area (Å²) in [5.41, 5.74) is 1.11. The molecular formula is C24H18ClN5O2S2. The third-order valence-electron chi connectivity index (χ3n) is 5.05. The Labute approximate surface area is 207 Å². The molecule has 0 aliphatic heterocycles. The summed E-state index contributed by atoms with van der Waals surface area (Å²) in [5, 5.41) is 9.67. The van der Waals surface area contributed by atoms with E-state index in [4.69, 9.17) is 11.6 Å². The van der Waals surface area contributed by atoms with E-state index < -0.39 is 0 Å². The maximum absolute atomic E-state index is 13.4. The molecule has 7 nitrogen and oxygen atoms in total. The lowest BCUT2D eigenvalue weighted by molar-refractivity contribution is 0.103. The lowest BCUT2D eigenvalue weighted by atomic mass is 10.2. The Hall–Kier alpha value is -3.53. The minimum atomic E-state index is -0.242. The van der Waals surface area contributed by atoms with Crippen molar-refractivity contribution >= 4 is 45.9 Å². The number of carbonyl (C=O) groups excluding carboxylic acids is 1. The normalized spacial score (nSPS) is 11.0. The largest absolute Gasteiger partial charge is 0.365 e. The lowest BCUT2D eigenvalue weighted by Crippen LogP contribution is -2.25. The van der Waals surface area contributed by atoms with Gasteiger partial charge in [0.1, 0.15) is 17.2 Å². The number of nitrogens with one attached hydrogen (secondary N) is 1. The summed E-state index contributed by atoms with van der Waals surface area (Å²) in [4.78, 5) is 32.2. The second-order valence-electron chi connectivity index (χ2n) is 7.34. The van der Waals surface area contributed by atoms with Gasteiger partial charge < -0.3 is 9.88 Å². The fourth-order valence-corrected chi connectivity index (χ4v) is 5.14. The Bertz CT molecular complexity index is 1490. The first-order chi connectivity index (χ1) is 16.6. The van der Waals surface area contributed by atoms with Crippen LogP contribution in [0.4, 0.5) is 5.82 Å². The van der Waals surface area contributed by atoms with Gasteiger partial charge in [-0.05, 0) is 47.8 Å². The van der Waals surface area contributed by atoms with Crippen molar-refractivity contribution in [1.82, 2.24) is 19.3 Å². The lowest BCUT2D eigenvalue weighted by Gasteiger charge is -2.11. The van der Waals surface area contributed by atoms with Gasteiger partial charge in [-0.15, -0.1) is 22.7 Å². The number of hydrogen-bond acceptors (Lipinski definition) is 7. The molecule has 34 heavy (non-hydrogen) atoms. The molecule has 5 rings (SSSR count). The molecule has 0 saturated carbocycles. The quantitative estimate of drug-likeness (QED) is 0.296. The van der Waals surface area contributed by atoms with Crippen LogP contribution in [-0.2, 0) is 13.1 Å². The van der Waals surface area contributed by atoms with Gasteiger partial charge in [-0.2, -0.15) is 5.10 Å². The number of carbonyl (C=O) groups is 1. The molecule has 0 aliphatic rings. The number of hydrogen-bond donors (Lipinski definition) is 1. The van der Waals surface area contributed by atoms with Gasteiger partial charge in [-0.25, -0.2) is 4.68 Å². The van der Waals surface area contributed by atoms with E-state index in [0.29, 0.717) is 33.8 Å². The van der Waals surface area contributed by atoms with Crippen LogP contribution >= 0.6 is 34.3 Å². The average Bonchev–Trinajstić information content (AvgIpc) is 3.61. The first kappa shape index (κ1) is 22.3. The zero-order valence-electron chi connectivity index (χ0n) is 17.7. The number of thiophene rings is 2. The van der Waals surface area contributed by atoms with E-state index >= 15 is 0 Å². The minimum Gasteiger partial charge on any atom is -0.365 e. The molecular weight excluding hydrogens is 490 g/mol. The summed E-state index contributed by atoms with van der Waals surface area (Å²) in [6.45, 7) is 0.802. The monoisotopic (exact) mass is 507 g/mol. The Morgan fingerprint density at radius 3 is 2.74 bits per heavy atom. The van der Waals surface area contributed by atoms with Crippen molar-refractivity contribution in [2.24, 2.45) is 0 Å². The summed E-state index contributed by atoms with van der Waals surface area (Å²) in [6, 6.07) is 18.1. The average molecular weight is 508 g/mol. The fraction of sp³-hybridized carbons (Fsp3) is 0.0833. The molecule has 5 heterocycles. The Morgan fingerprint density at radius 2 is 2.00 bits per heavy atom. The van der Waals surface area contributed by atoms with Crippen LogP contribution in [0.1, 0.15) is 25.9 Å². The molecule has 1 N–H and O–H groups in total. The van der Waals surface area contributed by atoms with Crippen molar-refractivity contribution in [3.63, 3.8) is 0 Å². The first-order valence-corrected chi connectivity index (χ1v) is 12.4.